The Balaban J connectivity index is 1.29. The quantitative estimate of drug-likeness (QED) is 0.423. The topological polar surface area (TPSA) is 111 Å². The largest absolute Gasteiger partial charge is 0.382 e. The van der Waals surface area contributed by atoms with E-state index in [9.17, 15) is 0 Å². The van der Waals surface area contributed by atoms with Crippen LogP contribution in [0, 0.1) is 5.41 Å². The number of nitrogen functional groups attached to an aromatic ring is 1. The number of imidazole rings is 1. The molecular formula is C23H22BClN8S. The lowest BCUT2D eigenvalue weighted by Gasteiger charge is -2.42. The summed E-state index contributed by atoms with van der Waals surface area (Å²) in [5.41, 5.74) is 16.1. The van der Waals surface area contributed by atoms with Crippen LogP contribution in [0.1, 0.15) is 30.1 Å². The predicted octanol–water partition coefficient (Wildman–Crippen LogP) is 2.54. The molecule has 0 aromatic carbocycles. The predicted molar refractivity (Wildman–Crippen MR) is 135 cm³/mol. The van der Waals surface area contributed by atoms with Gasteiger partial charge in [0.25, 0.3) is 0 Å². The molecular weight excluding hydrogens is 467 g/mol. The number of anilines is 2. The van der Waals surface area contributed by atoms with Crippen LogP contribution in [0.4, 0.5) is 11.8 Å². The maximum Gasteiger partial charge on any atom is 0.210 e. The molecule has 1 atom stereocenters. The molecule has 1 fully saturated rings. The Labute approximate surface area is 207 Å². The van der Waals surface area contributed by atoms with Crippen molar-refractivity contribution in [1.82, 2.24) is 24.3 Å². The van der Waals surface area contributed by atoms with E-state index in [1.165, 1.54) is 17.3 Å². The molecule has 170 valence electrons. The number of piperidine rings is 1. The highest BCUT2D eigenvalue weighted by Crippen LogP contribution is 2.50. The SMILES string of the molecule is [B]c1nc(N2CCC3(CC2)Cc2ncccc2C3N)n2ccnc2c1Sc1ccnc(N)c1Cl. The first-order valence-corrected chi connectivity index (χ1v) is 12.3. The zero-order valence-electron chi connectivity index (χ0n) is 18.4. The zero-order chi connectivity index (χ0) is 23.4. The third kappa shape index (κ3) is 3.35. The number of fused-ring (bicyclic) bond motifs is 2. The Bertz CT molecular complexity index is 1400. The third-order valence-corrected chi connectivity index (χ3v) is 8.75. The molecule has 1 spiro atoms. The second-order valence-corrected chi connectivity index (χ2v) is 10.3. The van der Waals surface area contributed by atoms with Crippen LogP contribution < -0.4 is 22.0 Å². The summed E-state index contributed by atoms with van der Waals surface area (Å²) in [6.07, 6.45) is 10.0. The van der Waals surface area contributed by atoms with Crippen LogP contribution in [0.5, 0.6) is 0 Å². The van der Waals surface area contributed by atoms with E-state index >= 15 is 0 Å². The molecule has 6 rings (SSSR count). The van der Waals surface area contributed by atoms with Gasteiger partial charge in [0.2, 0.25) is 5.95 Å². The first kappa shape index (κ1) is 21.7. The number of aromatic nitrogens is 5. The molecule has 34 heavy (non-hydrogen) atoms. The normalized spacial score (nSPS) is 19.1. The summed E-state index contributed by atoms with van der Waals surface area (Å²) in [4.78, 5) is 21.7. The Morgan fingerprint density at radius 3 is 2.74 bits per heavy atom. The molecule has 4 aromatic heterocycles. The van der Waals surface area contributed by atoms with Crippen LogP contribution in [0.25, 0.3) is 5.65 Å². The van der Waals surface area contributed by atoms with Gasteiger partial charge in [0.05, 0.1) is 9.92 Å². The molecule has 1 saturated heterocycles. The molecule has 8 nitrogen and oxygen atoms in total. The average molecular weight is 489 g/mol. The van der Waals surface area contributed by atoms with Crippen molar-refractivity contribution in [3.8, 4) is 0 Å². The smallest absolute Gasteiger partial charge is 0.210 e. The molecule has 1 unspecified atom stereocenters. The number of nitrogens with two attached hydrogens (primary N) is 2. The van der Waals surface area contributed by atoms with Crippen molar-refractivity contribution in [2.24, 2.45) is 11.1 Å². The highest BCUT2D eigenvalue weighted by molar-refractivity contribution is 7.99. The number of hydrogen-bond acceptors (Lipinski definition) is 8. The summed E-state index contributed by atoms with van der Waals surface area (Å²) >= 11 is 7.75. The van der Waals surface area contributed by atoms with Gasteiger partial charge in [0.15, 0.2) is 5.65 Å². The third-order valence-electron chi connectivity index (χ3n) is 7.09. The fourth-order valence-electron chi connectivity index (χ4n) is 5.21. The van der Waals surface area contributed by atoms with Crippen molar-refractivity contribution >= 4 is 54.2 Å². The van der Waals surface area contributed by atoms with Crippen LogP contribution in [-0.2, 0) is 6.42 Å². The Morgan fingerprint density at radius 2 is 1.94 bits per heavy atom. The summed E-state index contributed by atoms with van der Waals surface area (Å²) in [5.74, 6) is 1.06. The van der Waals surface area contributed by atoms with E-state index < -0.39 is 0 Å². The molecule has 0 saturated carbocycles. The van der Waals surface area contributed by atoms with Crippen molar-refractivity contribution in [3.05, 3.63) is 59.3 Å². The van der Waals surface area contributed by atoms with Crippen molar-refractivity contribution in [1.29, 1.82) is 0 Å². The molecule has 1 aliphatic carbocycles. The molecule has 0 bridgehead atoms. The fourth-order valence-corrected chi connectivity index (χ4v) is 6.37. The summed E-state index contributed by atoms with van der Waals surface area (Å²) in [7, 11) is 6.45. The molecule has 4 N–H and O–H groups in total. The number of pyridine rings is 2. The Morgan fingerprint density at radius 1 is 1.12 bits per heavy atom. The second-order valence-electron chi connectivity index (χ2n) is 8.90. The number of nitrogens with zero attached hydrogens (tertiary/aromatic N) is 6. The molecule has 5 heterocycles. The van der Waals surface area contributed by atoms with E-state index in [0.717, 1.165) is 59.4 Å². The lowest BCUT2D eigenvalue weighted by Crippen LogP contribution is -2.45. The van der Waals surface area contributed by atoms with E-state index in [0.29, 0.717) is 10.6 Å². The van der Waals surface area contributed by atoms with Gasteiger partial charge in [-0.25, -0.2) is 15.0 Å². The van der Waals surface area contributed by atoms with Gasteiger partial charge in [0.1, 0.15) is 13.7 Å². The summed E-state index contributed by atoms with van der Waals surface area (Å²) in [5, 5.41) is 0.394. The fraction of sp³-hybridized carbons (Fsp3) is 0.304. The maximum atomic E-state index is 6.72. The average Bonchev–Trinajstić information content (AvgIpc) is 3.43. The lowest BCUT2D eigenvalue weighted by molar-refractivity contribution is 0.186. The van der Waals surface area contributed by atoms with Crippen LogP contribution in [0.3, 0.4) is 0 Å². The van der Waals surface area contributed by atoms with Crippen LogP contribution in [0.2, 0.25) is 5.02 Å². The second kappa shape index (κ2) is 8.14. The first-order valence-electron chi connectivity index (χ1n) is 11.1. The standard InChI is InChI=1S/C23H22BClN8S/c24-19-17(34-15-3-7-29-20(27)16(15)25)21-30-8-11-33(21)22(31-19)32-9-4-23(5-10-32)12-14-13(18(23)26)2-1-6-28-14/h1-3,6-8,11,18H,4-5,9-10,12,26H2,(H2,27,29). The summed E-state index contributed by atoms with van der Waals surface area (Å²) in [6, 6.07) is 5.91. The molecule has 0 amide bonds. The van der Waals surface area contributed by atoms with E-state index in [2.05, 4.69) is 25.9 Å². The highest BCUT2D eigenvalue weighted by atomic mass is 35.5. The van der Waals surface area contributed by atoms with E-state index in [1.54, 1.807) is 18.5 Å². The van der Waals surface area contributed by atoms with Crippen LogP contribution >= 0.6 is 23.4 Å². The Hall–Kier alpha value is -2.82. The van der Waals surface area contributed by atoms with Crippen molar-refractivity contribution in [2.75, 3.05) is 23.7 Å². The molecule has 2 aliphatic rings. The minimum Gasteiger partial charge on any atom is -0.382 e. The van der Waals surface area contributed by atoms with Gasteiger partial charge >= 0.3 is 0 Å². The first-order chi connectivity index (χ1) is 16.5. The molecule has 11 heteroatoms. The number of halogens is 1. The van der Waals surface area contributed by atoms with Crippen molar-refractivity contribution in [3.63, 3.8) is 0 Å². The monoisotopic (exact) mass is 488 g/mol. The molecule has 1 aliphatic heterocycles. The number of rotatable bonds is 3. The van der Waals surface area contributed by atoms with E-state index in [-0.39, 0.29) is 17.3 Å². The van der Waals surface area contributed by atoms with Gasteiger partial charge in [0, 0.05) is 60.1 Å². The zero-order valence-corrected chi connectivity index (χ0v) is 19.9. The van der Waals surface area contributed by atoms with Gasteiger partial charge in [-0.3, -0.25) is 9.38 Å². The van der Waals surface area contributed by atoms with Crippen molar-refractivity contribution < 1.29 is 0 Å². The maximum absolute atomic E-state index is 6.72. The molecule has 2 radical (unpaired) electrons. The van der Waals surface area contributed by atoms with Gasteiger partial charge < -0.3 is 16.4 Å². The summed E-state index contributed by atoms with van der Waals surface area (Å²) < 4.78 is 1.99. The lowest BCUT2D eigenvalue weighted by atomic mass is 9.73. The van der Waals surface area contributed by atoms with Gasteiger partial charge in [-0.2, -0.15) is 0 Å². The summed E-state index contributed by atoms with van der Waals surface area (Å²) in [6.45, 7) is 1.67. The van der Waals surface area contributed by atoms with E-state index in [4.69, 9.17) is 35.9 Å². The van der Waals surface area contributed by atoms with Crippen molar-refractivity contribution in [2.45, 2.75) is 35.1 Å². The highest BCUT2D eigenvalue weighted by Gasteiger charge is 2.46. The van der Waals surface area contributed by atoms with Crippen LogP contribution in [-0.4, -0.2) is 45.3 Å². The minimum absolute atomic E-state index is 0.0148. The minimum atomic E-state index is 0.0148. The van der Waals surface area contributed by atoms with Gasteiger partial charge in [-0.15, -0.1) is 0 Å². The number of hydrogen-bond donors (Lipinski definition) is 2. The van der Waals surface area contributed by atoms with E-state index in [1.807, 2.05) is 22.9 Å². The van der Waals surface area contributed by atoms with Gasteiger partial charge in [-0.1, -0.05) is 29.4 Å². The Kier molecular flexibility index (Phi) is 5.20. The molecule has 4 aromatic rings. The van der Waals surface area contributed by atoms with Gasteiger partial charge in [-0.05, 0) is 42.4 Å². The van der Waals surface area contributed by atoms with Crippen LogP contribution in [0.15, 0.2) is 52.8 Å².